The Kier molecular flexibility index (Phi) is 4.90. The Morgan fingerprint density at radius 3 is 2.79 bits per heavy atom. The average molecular weight is 265 g/mol. The summed E-state index contributed by atoms with van der Waals surface area (Å²) in [5, 5.41) is 13.9. The van der Waals surface area contributed by atoms with E-state index in [-0.39, 0.29) is 11.4 Å². The SMILES string of the molecule is CNC1(CC(=O)NCCn2ccnn2)CCCCC1. The minimum Gasteiger partial charge on any atom is -0.354 e. The minimum atomic E-state index is 0.00951. The molecule has 6 nitrogen and oxygen atoms in total. The maximum Gasteiger partial charge on any atom is 0.221 e. The number of nitrogens with one attached hydrogen (secondary N) is 2. The zero-order valence-corrected chi connectivity index (χ0v) is 11.6. The first kappa shape index (κ1) is 14.0. The van der Waals surface area contributed by atoms with Crippen molar-refractivity contribution in [3.8, 4) is 0 Å². The van der Waals surface area contributed by atoms with Crippen LogP contribution in [0, 0.1) is 0 Å². The van der Waals surface area contributed by atoms with Gasteiger partial charge in [0.15, 0.2) is 0 Å². The number of amides is 1. The molecular weight excluding hydrogens is 242 g/mol. The third-order valence-electron chi connectivity index (χ3n) is 3.97. The summed E-state index contributed by atoms with van der Waals surface area (Å²) in [5.74, 6) is 0.122. The molecule has 0 aliphatic heterocycles. The van der Waals surface area contributed by atoms with Crippen LogP contribution in [0.25, 0.3) is 0 Å². The predicted molar refractivity (Wildman–Crippen MR) is 72.5 cm³/mol. The molecule has 0 saturated heterocycles. The second kappa shape index (κ2) is 6.65. The highest BCUT2D eigenvalue weighted by Crippen LogP contribution is 2.30. The second-order valence-electron chi connectivity index (χ2n) is 5.28. The fourth-order valence-corrected chi connectivity index (χ4v) is 2.78. The Hall–Kier alpha value is -1.43. The molecule has 106 valence electrons. The van der Waals surface area contributed by atoms with Gasteiger partial charge in [-0.15, -0.1) is 5.10 Å². The third-order valence-corrected chi connectivity index (χ3v) is 3.97. The highest BCUT2D eigenvalue weighted by molar-refractivity contribution is 5.77. The number of hydrogen-bond donors (Lipinski definition) is 2. The van der Waals surface area contributed by atoms with E-state index in [9.17, 15) is 4.79 Å². The third kappa shape index (κ3) is 4.02. The molecule has 1 aliphatic carbocycles. The molecule has 1 heterocycles. The van der Waals surface area contributed by atoms with Crippen LogP contribution in [0.5, 0.6) is 0 Å². The van der Waals surface area contributed by atoms with Gasteiger partial charge in [0.1, 0.15) is 0 Å². The lowest BCUT2D eigenvalue weighted by atomic mass is 9.79. The van der Waals surface area contributed by atoms with Crippen molar-refractivity contribution in [1.29, 1.82) is 0 Å². The van der Waals surface area contributed by atoms with Crippen LogP contribution in [0.4, 0.5) is 0 Å². The predicted octanol–water partition coefficient (Wildman–Crippen LogP) is 0.707. The van der Waals surface area contributed by atoms with Crippen molar-refractivity contribution in [3.05, 3.63) is 12.4 Å². The summed E-state index contributed by atoms with van der Waals surface area (Å²) in [5.41, 5.74) is 0.00951. The maximum absolute atomic E-state index is 12.0. The lowest BCUT2D eigenvalue weighted by Crippen LogP contribution is -2.48. The smallest absolute Gasteiger partial charge is 0.221 e. The van der Waals surface area contributed by atoms with E-state index in [1.54, 1.807) is 17.1 Å². The van der Waals surface area contributed by atoms with Gasteiger partial charge in [-0.25, -0.2) is 0 Å². The first-order valence-electron chi connectivity index (χ1n) is 7.04. The van der Waals surface area contributed by atoms with Crippen LogP contribution in [0.15, 0.2) is 12.4 Å². The van der Waals surface area contributed by atoms with Crippen LogP contribution in [-0.2, 0) is 11.3 Å². The molecule has 1 saturated carbocycles. The van der Waals surface area contributed by atoms with Crippen molar-refractivity contribution in [2.24, 2.45) is 0 Å². The standard InChI is InChI=1S/C13H23N5O/c1-14-13(5-3-2-4-6-13)11-12(19)15-7-9-18-10-8-16-17-18/h8,10,14H,2-7,9,11H2,1H3,(H,15,19). The van der Waals surface area contributed by atoms with Gasteiger partial charge < -0.3 is 10.6 Å². The van der Waals surface area contributed by atoms with E-state index in [0.717, 1.165) is 12.8 Å². The summed E-state index contributed by atoms with van der Waals surface area (Å²) < 4.78 is 1.72. The van der Waals surface area contributed by atoms with E-state index >= 15 is 0 Å². The quantitative estimate of drug-likeness (QED) is 0.794. The number of carbonyl (C=O) groups excluding carboxylic acids is 1. The van der Waals surface area contributed by atoms with E-state index in [1.807, 2.05) is 7.05 Å². The number of carbonyl (C=O) groups is 1. The zero-order valence-electron chi connectivity index (χ0n) is 11.6. The molecule has 1 aromatic heterocycles. The molecule has 0 bridgehead atoms. The molecule has 19 heavy (non-hydrogen) atoms. The molecule has 6 heteroatoms. The van der Waals surface area contributed by atoms with Crippen molar-refractivity contribution in [2.45, 2.75) is 50.6 Å². The Morgan fingerprint density at radius 1 is 1.37 bits per heavy atom. The molecule has 2 N–H and O–H groups in total. The van der Waals surface area contributed by atoms with E-state index in [4.69, 9.17) is 0 Å². The van der Waals surface area contributed by atoms with Gasteiger partial charge in [-0.3, -0.25) is 9.48 Å². The largest absolute Gasteiger partial charge is 0.354 e. The Bertz CT molecular complexity index is 384. The lowest BCUT2D eigenvalue weighted by Gasteiger charge is -2.36. The normalized spacial score (nSPS) is 18.2. The van der Waals surface area contributed by atoms with Gasteiger partial charge in [0.05, 0.1) is 12.7 Å². The first-order valence-corrected chi connectivity index (χ1v) is 7.04. The fourth-order valence-electron chi connectivity index (χ4n) is 2.78. The van der Waals surface area contributed by atoms with Gasteiger partial charge in [0, 0.05) is 24.7 Å². The van der Waals surface area contributed by atoms with Crippen molar-refractivity contribution in [3.63, 3.8) is 0 Å². The number of rotatable bonds is 6. The Labute approximate surface area is 113 Å². The van der Waals surface area contributed by atoms with Gasteiger partial charge in [-0.2, -0.15) is 0 Å². The van der Waals surface area contributed by atoms with Crippen molar-refractivity contribution in [2.75, 3.05) is 13.6 Å². The Balaban J connectivity index is 1.73. The molecule has 1 amide bonds. The topological polar surface area (TPSA) is 71.8 Å². The minimum absolute atomic E-state index is 0.00951. The summed E-state index contributed by atoms with van der Waals surface area (Å²) in [6, 6.07) is 0. The lowest BCUT2D eigenvalue weighted by molar-refractivity contribution is -0.122. The monoisotopic (exact) mass is 265 g/mol. The highest BCUT2D eigenvalue weighted by Gasteiger charge is 2.32. The van der Waals surface area contributed by atoms with E-state index < -0.39 is 0 Å². The van der Waals surface area contributed by atoms with Gasteiger partial charge in [0.2, 0.25) is 5.91 Å². The van der Waals surface area contributed by atoms with Crippen LogP contribution in [0.2, 0.25) is 0 Å². The molecule has 1 fully saturated rings. The highest BCUT2D eigenvalue weighted by atomic mass is 16.1. The van der Waals surface area contributed by atoms with Crippen LogP contribution in [0.3, 0.4) is 0 Å². The summed E-state index contributed by atoms with van der Waals surface area (Å²) in [6.07, 6.45) is 9.92. The van der Waals surface area contributed by atoms with Gasteiger partial charge in [-0.1, -0.05) is 24.5 Å². The summed E-state index contributed by atoms with van der Waals surface area (Å²) >= 11 is 0. The van der Waals surface area contributed by atoms with Crippen molar-refractivity contribution in [1.82, 2.24) is 25.6 Å². The molecule has 0 unspecified atom stereocenters. The molecule has 2 rings (SSSR count). The average Bonchev–Trinajstić information content (AvgIpc) is 2.93. The van der Waals surface area contributed by atoms with Crippen LogP contribution in [0.1, 0.15) is 38.5 Å². The van der Waals surface area contributed by atoms with Crippen LogP contribution < -0.4 is 10.6 Å². The molecule has 1 aromatic rings. The molecule has 0 atom stereocenters. The van der Waals surface area contributed by atoms with Crippen molar-refractivity contribution >= 4 is 5.91 Å². The molecule has 0 radical (unpaired) electrons. The van der Waals surface area contributed by atoms with E-state index in [2.05, 4.69) is 20.9 Å². The van der Waals surface area contributed by atoms with E-state index in [1.165, 1.54) is 19.3 Å². The number of aromatic nitrogens is 3. The van der Waals surface area contributed by atoms with Gasteiger partial charge >= 0.3 is 0 Å². The van der Waals surface area contributed by atoms with Gasteiger partial charge in [-0.05, 0) is 19.9 Å². The molecule has 0 aromatic carbocycles. The van der Waals surface area contributed by atoms with Crippen LogP contribution in [-0.4, -0.2) is 40.0 Å². The fraction of sp³-hybridized carbons (Fsp3) is 0.769. The van der Waals surface area contributed by atoms with Crippen LogP contribution >= 0.6 is 0 Å². The summed E-state index contributed by atoms with van der Waals surface area (Å²) in [4.78, 5) is 12.0. The summed E-state index contributed by atoms with van der Waals surface area (Å²) in [6.45, 7) is 1.26. The second-order valence-corrected chi connectivity index (χ2v) is 5.28. The molecule has 1 aliphatic rings. The number of nitrogens with zero attached hydrogens (tertiary/aromatic N) is 3. The van der Waals surface area contributed by atoms with Crippen molar-refractivity contribution < 1.29 is 4.79 Å². The molecular formula is C13H23N5O. The Morgan fingerprint density at radius 2 is 2.16 bits per heavy atom. The van der Waals surface area contributed by atoms with Gasteiger partial charge in [0.25, 0.3) is 0 Å². The zero-order chi connectivity index (χ0) is 13.6. The molecule has 0 spiro atoms. The maximum atomic E-state index is 12.0. The first-order chi connectivity index (χ1) is 9.24. The number of hydrogen-bond acceptors (Lipinski definition) is 4. The summed E-state index contributed by atoms with van der Waals surface area (Å²) in [7, 11) is 1.97. The van der Waals surface area contributed by atoms with E-state index in [0.29, 0.717) is 19.5 Å².